The van der Waals surface area contributed by atoms with Crippen LogP contribution in [0.3, 0.4) is 0 Å². The number of piperidine rings is 1. The highest BCUT2D eigenvalue weighted by atomic mass is 35.5. The molecule has 0 bridgehead atoms. The monoisotopic (exact) mass is 606 g/mol. The Hall–Kier alpha value is -4.20. The number of carbonyl (C=O) groups is 1. The number of para-hydroxylation sites is 1. The number of pyridine rings is 1. The number of fused-ring (bicyclic) bond motifs is 1. The minimum absolute atomic E-state index is 0.0289. The molecule has 5 aromatic rings. The lowest BCUT2D eigenvalue weighted by Crippen LogP contribution is -2.55. The number of hydrogen-bond donors (Lipinski definition) is 2. The number of likely N-dealkylation sites (N-methyl/N-ethyl adjacent to an activating group) is 1. The highest BCUT2D eigenvalue weighted by Gasteiger charge is 2.36. The molecule has 0 spiro atoms. The smallest absolute Gasteiger partial charge is 0.254 e. The van der Waals surface area contributed by atoms with Crippen LogP contribution in [0.15, 0.2) is 97.3 Å². The van der Waals surface area contributed by atoms with Crippen molar-refractivity contribution in [2.45, 2.75) is 50.7 Å². The maximum atomic E-state index is 13.7. The predicted molar refractivity (Wildman–Crippen MR) is 178 cm³/mol. The Morgan fingerprint density at radius 2 is 1.77 bits per heavy atom. The fourth-order valence-electron chi connectivity index (χ4n) is 6.55. The molecule has 44 heavy (non-hydrogen) atoms. The summed E-state index contributed by atoms with van der Waals surface area (Å²) in [5, 5.41) is 4.40. The van der Waals surface area contributed by atoms with Gasteiger partial charge in [-0.25, -0.2) is 4.98 Å². The van der Waals surface area contributed by atoms with Crippen LogP contribution in [0.1, 0.15) is 59.2 Å². The van der Waals surface area contributed by atoms with Gasteiger partial charge in [-0.05, 0) is 84.8 Å². The van der Waals surface area contributed by atoms with Crippen molar-refractivity contribution in [1.29, 1.82) is 0 Å². The number of carbonyl (C=O) groups excluding carboxylic acids is 1. The number of aromatic amines is 1. The fourth-order valence-corrected chi connectivity index (χ4v) is 6.75. The van der Waals surface area contributed by atoms with E-state index in [2.05, 4.69) is 51.4 Å². The van der Waals surface area contributed by atoms with Crippen molar-refractivity contribution in [2.24, 2.45) is 0 Å². The van der Waals surface area contributed by atoms with Gasteiger partial charge in [0.2, 0.25) is 5.95 Å². The molecule has 2 aromatic heterocycles. The maximum absolute atomic E-state index is 13.7. The second-order valence-electron chi connectivity index (χ2n) is 11.7. The molecule has 1 saturated heterocycles. The summed E-state index contributed by atoms with van der Waals surface area (Å²) < 4.78 is 0. The lowest BCUT2D eigenvalue weighted by atomic mass is 9.90. The van der Waals surface area contributed by atoms with Crippen LogP contribution < -0.4 is 5.32 Å². The fraction of sp³-hybridized carbons (Fsp3) is 0.306. The van der Waals surface area contributed by atoms with Crippen LogP contribution in [0.2, 0.25) is 5.02 Å². The van der Waals surface area contributed by atoms with Gasteiger partial charge in [-0.15, -0.1) is 0 Å². The van der Waals surface area contributed by atoms with Gasteiger partial charge in [-0.2, -0.15) is 0 Å². The molecule has 1 fully saturated rings. The Labute approximate surface area is 264 Å². The van der Waals surface area contributed by atoms with Crippen LogP contribution in [-0.4, -0.2) is 63.0 Å². The quantitative estimate of drug-likeness (QED) is 0.174. The molecule has 8 heteroatoms. The molecule has 0 saturated carbocycles. The minimum atomic E-state index is -0.103. The van der Waals surface area contributed by atoms with Crippen LogP contribution in [0.25, 0.3) is 11.0 Å². The summed E-state index contributed by atoms with van der Waals surface area (Å²) in [4.78, 5) is 30.7. The number of aromatic nitrogens is 3. The number of H-pyrrole nitrogens is 1. The minimum Gasteiger partial charge on any atom is -0.353 e. The Bertz CT molecular complexity index is 1680. The Morgan fingerprint density at radius 3 is 2.50 bits per heavy atom. The molecule has 2 unspecified atom stereocenters. The number of nitrogens with zero attached hydrogens (tertiary/aromatic N) is 4. The first-order valence-electron chi connectivity index (χ1n) is 15.4. The number of nitrogens with one attached hydrogen (secondary N) is 2. The largest absolute Gasteiger partial charge is 0.353 e. The van der Waals surface area contributed by atoms with Crippen LogP contribution >= 0.6 is 11.6 Å². The normalized spacial score (nSPS) is 15.6. The summed E-state index contributed by atoms with van der Waals surface area (Å²) in [7, 11) is 1.94. The molecule has 1 amide bonds. The molecule has 3 aromatic carbocycles. The number of amides is 1. The summed E-state index contributed by atoms with van der Waals surface area (Å²) in [5.74, 6) is 0.949. The third kappa shape index (κ3) is 6.64. The van der Waals surface area contributed by atoms with E-state index in [9.17, 15) is 4.79 Å². The molecule has 226 valence electrons. The van der Waals surface area contributed by atoms with Gasteiger partial charge in [0.15, 0.2) is 0 Å². The van der Waals surface area contributed by atoms with E-state index >= 15 is 0 Å². The highest BCUT2D eigenvalue weighted by Crippen LogP contribution is 2.33. The van der Waals surface area contributed by atoms with E-state index in [1.54, 1.807) is 0 Å². The lowest BCUT2D eigenvalue weighted by molar-refractivity contribution is 0.0201. The average Bonchev–Trinajstić information content (AvgIpc) is 3.48. The van der Waals surface area contributed by atoms with Crippen LogP contribution in [0, 0.1) is 0 Å². The van der Waals surface area contributed by atoms with Gasteiger partial charge in [0.05, 0.1) is 17.2 Å². The van der Waals surface area contributed by atoms with Gasteiger partial charge in [-0.3, -0.25) is 14.7 Å². The first-order chi connectivity index (χ1) is 21.5. The number of rotatable bonds is 10. The SMILES string of the molecule is CCC(c1cccc(Cl)c1)C(N1CCC(Nc2nc3c(Cc4ccncc4)cccc3[nH]2)CC1)N(C)C(=O)c1ccccc1. The Morgan fingerprint density at radius 1 is 1.02 bits per heavy atom. The van der Waals surface area contributed by atoms with Crippen molar-refractivity contribution in [3.05, 3.63) is 125 Å². The molecular formula is C36H39ClN6O. The van der Waals surface area contributed by atoms with E-state index < -0.39 is 0 Å². The molecule has 1 aliphatic heterocycles. The van der Waals surface area contributed by atoms with Gasteiger partial charge in [0, 0.05) is 55.1 Å². The Balaban J connectivity index is 1.19. The van der Waals surface area contributed by atoms with Crippen molar-refractivity contribution in [2.75, 3.05) is 25.5 Å². The second kappa shape index (κ2) is 13.6. The topological polar surface area (TPSA) is 77.2 Å². The lowest BCUT2D eigenvalue weighted by Gasteiger charge is -2.45. The molecule has 0 radical (unpaired) electrons. The van der Waals surface area contributed by atoms with Gasteiger partial charge in [0.25, 0.3) is 5.91 Å². The maximum Gasteiger partial charge on any atom is 0.254 e. The molecule has 2 N–H and O–H groups in total. The molecular weight excluding hydrogens is 568 g/mol. The molecule has 3 heterocycles. The van der Waals surface area contributed by atoms with Crippen LogP contribution in [0.4, 0.5) is 5.95 Å². The molecule has 7 nitrogen and oxygen atoms in total. The third-order valence-corrected chi connectivity index (χ3v) is 9.03. The standard InChI is InChI=1S/C36H39ClN6O/c1-3-31(27-11-7-13-29(37)24-27)34(42(2)35(44)26-9-5-4-6-10-26)43-21-17-30(18-22-43)39-36-40-32-14-8-12-28(33(32)41-36)23-25-15-19-38-20-16-25/h4-16,19-20,24,30-31,34H,3,17-18,21-23H2,1-2H3,(H2,39,40,41). The van der Waals surface area contributed by atoms with Crippen molar-refractivity contribution < 1.29 is 4.79 Å². The van der Waals surface area contributed by atoms with Crippen molar-refractivity contribution in [3.8, 4) is 0 Å². The average molecular weight is 607 g/mol. The van der Waals surface area contributed by atoms with Crippen LogP contribution in [0.5, 0.6) is 0 Å². The van der Waals surface area contributed by atoms with Gasteiger partial charge in [-0.1, -0.05) is 61.0 Å². The van der Waals surface area contributed by atoms with E-state index in [1.807, 2.05) is 85.0 Å². The van der Waals surface area contributed by atoms with Gasteiger partial charge >= 0.3 is 0 Å². The Kier molecular flexibility index (Phi) is 9.24. The van der Waals surface area contributed by atoms with E-state index in [-0.39, 0.29) is 24.0 Å². The molecule has 0 aliphatic carbocycles. The third-order valence-electron chi connectivity index (χ3n) is 8.80. The zero-order chi connectivity index (χ0) is 30.5. The molecule has 2 atom stereocenters. The summed E-state index contributed by atoms with van der Waals surface area (Å²) in [6.45, 7) is 3.91. The van der Waals surface area contributed by atoms with E-state index in [0.29, 0.717) is 5.56 Å². The number of imidazole rings is 1. The van der Waals surface area contributed by atoms with Crippen molar-refractivity contribution >= 4 is 34.5 Å². The second-order valence-corrected chi connectivity index (χ2v) is 12.1. The number of likely N-dealkylation sites (tertiary alicyclic amines) is 1. The first-order valence-corrected chi connectivity index (χ1v) is 15.8. The summed E-state index contributed by atoms with van der Waals surface area (Å²) in [6.07, 6.45) is 7.14. The summed E-state index contributed by atoms with van der Waals surface area (Å²) >= 11 is 6.44. The van der Waals surface area contributed by atoms with Crippen LogP contribution in [-0.2, 0) is 6.42 Å². The highest BCUT2D eigenvalue weighted by molar-refractivity contribution is 6.30. The van der Waals surface area contributed by atoms with Gasteiger partial charge in [0.1, 0.15) is 0 Å². The van der Waals surface area contributed by atoms with E-state index in [0.717, 1.165) is 66.3 Å². The zero-order valence-electron chi connectivity index (χ0n) is 25.3. The predicted octanol–water partition coefficient (Wildman–Crippen LogP) is 7.37. The number of benzene rings is 3. The zero-order valence-corrected chi connectivity index (χ0v) is 26.0. The summed E-state index contributed by atoms with van der Waals surface area (Å²) in [6, 6.07) is 28.3. The number of halogens is 1. The van der Waals surface area contributed by atoms with E-state index in [4.69, 9.17) is 16.6 Å². The van der Waals surface area contributed by atoms with Gasteiger partial charge < -0.3 is 15.2 Å². The number of hydrogen-bond acceptors (Lipinski definition) is 5. The summed E-state index contributed by atoms with van der Waals surface area (Å²) in [5.41, 5.74) is 6.29. The molecule has 6 rings (SSSR count). The van der Waals surface area contributed by atoms with Crippen molar-refractivity contribution in [1.82, 2.24) is 24.8 Å². The van der Waals surface area contributed by atoms with E-state index in [1.165, 1.54) is 11.1 Å². The van der Waals surface area contributed by atoms with Crippen molar-refractivity contribution in [3.63, 3.8) is 0 Å². The first kappa shape index (κ1) is 29.9. The number of anilines is 1. The molecule has 1 aliphatic rings.